The summed E-state index contributed by atoms with van der Waals surface area (Å²) in [4.78, 5) is 12.4. The first-order valence-corrected chi connectivity index (χ1v) is 8.24. The molecule has 0 fully saturated rings. The van der Waals surface area contributed by atoms with Gasteiger partial charge in [-0.15, -0.1) is 0 Å². The van der Waals surface area contributed by atoms with Crippen LogP contribution in [-0.2, 0) is 6.61 Å². The maximum absolute atomic E-state index is 12.4. The van der Waals surface area contributed by atoms with E-state index in [1.54, 1.807) is 18.2 Å². The molecule has 0 unspecified atom stereocenters. The molecule has 1 aliphatic heterocycles. The summed E-state index contributed by atoms with van der Waals surface area (Å²) in [7, 11) is 0. The average Bonchev–Trinajstić information content (AvgIpc) is 2.84. The van der Waals surface area contributed by atoms with Gasteiger partial charge in [0.2, 0.25) is 5.78 Å². The quantitative estimate of drug-likeness (QED) is 0.652. The van der Waals surface area contributed by atoms with Gasteiger partial charge in [-0.3, -0.25) is 4.79 Å². The second kappa shape index (κ2) is 6.50. The van der Waals surface area contributed by atoms with E-state index in [2.05, 4.69) is 0 Å². The molecule has 0 aliphatic carbocycles. The number of aryl methyl sites for hydroxylation is 1. The molecule has 2 aromatic carbocycles. The van der Waals surface area contributed by atoms with Crippen molar-refractivity contribution in [3.8, 4) is 11.5 Å². The summed E-state index contributed by atoms with van der Waals surface area (Å²) in [5, 5.41) is 1.14. The van der Waals surface area contributed by atoms with E-state index in [1.165, 1.54) is 0 Å². The Morgan fingerprint density at radius 2 is 1.92 bits per heavy atom. The van der Waals surface area contributed by atoms with E-state index in [4.69, 9.17) is 32.7 Å². The van der Waals surface area contributed by atoms with Crippen LogP contribution in [0.1, 0.15) is 35.3 Å². The van der Waals surface area contributed by atoms with Gasteiger partial charge >= 0.3 is 0 Å². The minimum absolute atomic E-state index is 0.0743. The largest absolute Gasteiger partial charge is 0.489 e. The predicted molar refractivity (Wildman–Crippen MR) is 95.3 cm³/mol. The third-order valence-corrected chi connectivity index (χ3v) is 4.37. The highest BCUT2D eigenvalue weighted by Gasteiger charge is 2.30. The fourth-order valence-electron chi connectivity index (χ4n) is 2.58. The lowest BCUT2D eigenvalue weighted by Gasteiger charge is -2.10. The first-order chi connectivity index (χ1) is 11.4. The van der Waals surface area contributed by atoms with E-state index in [0.717, 1.165) is 16.7 Å². The monoisotopic (exact) mass is 362 g/mol. The van der Waals surface area contributed by atoms with E-state index in [9.17, 15) is 4.79 Å². The Morgan fingerprint density at radius 3 is 2.58 bits per heavy atom. The van der Waals surface area contributed by atoms with Crippen molar-refractivity contribution in [3.63, 3.8) is 0 Å². The standard InChI is InChI=1S/C19H16Cl2O3/c1-10(2)19-18(22)17-11(3)6-14(8-16(17)24-19)23-9-12-4-5-13(20)7-15(12)21/h4-8H,9H2,1-3H3. The third kappa shape index (κ3) is 3.14. The Hall–Kier alpha value is -1.97. The molecule has 1 aliphatic rings. The molecular weight excluding hydrogens is 347 g/mol. The third-order valence-electron chi connectivity index (χ3n) is 3.78. The number of ketones is 1. The summed E-state index contributed by atoms with van der Waals surface area (Å²) in [5.41, 5.74) is 3.11. The molecular formula is C19H16Cl2O3. The molecule has 0 bridgehead atoms. The summed E-state index contributed by atoms with van der Waals surface area (Å²) in [6.45, 7) is 5.89. The number of halogens is 2. The molecule has 0 N–H and O–H groups in total. The van der Waals surface area contributed by atoms with Crippen LogP contribution < -0.4 is 9.47 Å². The number of allylic oxidation sites excluding steroid dienone is 2. The van der Waals surface area contributed by atoms with Gasteiger partial charge < -0.3 is 9.47 Å². The van der Waals surface area contributed by atoms with Gasteiger partial charge in [-0.2, -0.15) is 0 Å². The van der Waals surface area contributed by atoms with Crippen molar-refractivity contribution >= 4 is 29.0 Å². The van der Waals surface area contributed by atoms with Gasteiger partial charge in [0.15, 0.2) is 5.76 Å². The van der Waals surface area contributed by atoms with Crippen molar-refractivity contribution in [1.29, 1.82) is 0 Å². The van der Waals surface area contributed by atoms with Crippen molar-refractivity contribution in [2.45, 2.75) is 27.4 Å². The SMILES string of the molecule is CC(C)=C1Oc2cc(OCc3ccc(Cl)cc3Cl)cc(C)c2C1=O. The number of ether oxygens (including phenoxy) is 2. The lowest BCUT2D eigenvalue weighted by Crippen LogP contribution is -2.01. The molecule has 3 nitrogen and oxygen atoms in total. The number of hydrogen-bond acceptors (Lipinski definition) is 3. The van der Waals surface area contributed by atoms with Crippen LogP contribution in [0.5, 0.6) is 11.5 Å². The van der Waals surface area contributed by atoms with Crippen LogP contribution >= 0.6 is 23.2 Å². The summed E-state index contributed by atoms with van der Waals surface area (Å²) in [6, 6.07) is 8.84. The van der Waals surface area contributed by atoms with Crippen molar-refractivity contribution < 1.29 is 14.3 Å². The highest BCUT2D eigenvalue weighted by Crippen LogP contribution is 2.38. The molecule has 24 heavy (non-hydrogen) atoms. The Balaban J connectivity index is 1.85. The molecule has 0 atom stereocenters. The van der Waals surface area contributed by atoms with Crippen molar-refractivity contribution in [3.05, 3.63) is 68.4 Å². The minimum atomic E-state index is -0.0743. The Kier molecular flexibility index (Phi) is 4.57. The molecule has 1 heterocycles. The van der Waals surface area contributed by atoms with Crippen LogP contribution in [-0.4, -0.2) is 5.78 Å². The molecule has 0 radical (unpaired) electrons. The highest BCUT2D eigenvalue weighted by atomic mass is 35.5. The van der Waals surface area contributed by atoms with Crippen molar-refractivity contribution in [1.82, 2.24) is 0 Å². The first-order valence-electron chi connectivity index (χ1n) is 7.48. The number of fused-ring (bicyclic) bond motifs is 1. The van der Waals surface area contributed by atoms with Crippen LogP contribution in [0.25, 0.3) is 0 Å². The van der Waals surface area contributed by atoms with Crippen molar-refractivity contribution in [2.75, 3.05) is 0 Å². The van der Waals surface area contributed by atoms with E-state index in [1.807, 2.05) is 32.9 Å². The lowest BCUT2D eigenvalue weighted by molar-refractivity contribution is 0.101. The maximum Gasteiger partial charge on any atom is 0.232 e. The predicted octanol–water partition coefficient (Wildman–Crippen LogP) is 5.75. The molecule has 0 saturated carbocycles. The van der Waals surface area contributed by atoms with Gasteiger partial charge in [-0.25, -0.2) is 0 Å². The van der Waals surface area contributed by atoms with Crippen LogP contribution in [0.15, 0.2) is 41.7 Å². The average molecular weight is 363 g/mol. The van der Waals surface area contributed by atoms with E-state index < -0.39 is 0 Å². The van der Waals surface area contributed by atoms with Gasteiger partial charge in [-0.1, -0.05) is 29.3 Å². The van der Waals surface area contributed by atoms with E-state index in [-0.39, 0.29) is 5.78 Å². The summed E-state index contributed by atoms with van der Waals surface area (Å²) in [6.07, 6.45) is 0. The molecule has 124 valence electrons. The van der Waals surface area contributed by atoms with Gasteiger partial charge in [-0.05, 0) is 50.1 Å². The normalized spacial score (nSPS) is 12.9. The Bertz CT molecular complexity index is 865. The first kappa shape index (κ1) is 16.9. The fraction of sp³-hybridized carbons (Fsp3) is 0.211. The lowest BCUT2D eigenvalue weighted by atomic mass is 10.0. The zero-order valence-corrected chi connectivity index (χ0v) is 15.1. The Morgan fingerprint density at radius 1 is 1.17 bits per heavy atom. The second-order valence-corrected chi connectivity index (χ2v) is 6.74. The molecule has 2 aromatic rings. The number of Topliss-reactive ketones (excluding diaryl/α,β-unsaturated/α-hetero) is 1. The highest BCUT2D eigenvalue weighted by molar-refractivity contribution is 6.35. The molecule has 0 amide bonds. The minimum Gasteiger partial charge on any atom is -0.489 e. The number of rotatable bonds is 3. The smallest absolute Gasteiger partial charge is 0.232 e. The fourth-order valence-corrected chi connectivity index (χ4v) is 3.04. The van der Waals surface area contributed by atoms with Crippen LogP contribution in [0.3, 0.4) is 0 Å². The van der Waals surface area contributed by atoms with Crippen LogP contribution in [0.4, 0.5) is 0 Å². The molecule has 0 aromatic heterocycles. The van der Waals surface area contributed by atoms with Crippen molar-refractivity contribution in [2.24, 2.45) is 0 Å². The molecule has 0 spiro atoms. The summed E-state index contributed by atoms with van der Waals surface area (Å²) in [5.74, 6) is 1.48. The van der Waals surface area contributed by atoms with Gasteiger partial charge in [0.25, 0.3) is 0 Å². The zero-order valence-electron chi connectivity index (χ0n) is 13.6. The van der Waals surface area contributed by atoms with Crippen LogP contribution in [0, 0.1) is 6.92 Å². The number of carbonyl (C=O) groups excluding carboxylic acids is 1. The van der Waals surface area contributed by atoms with Gasteiger partial charge in [0.1, 0.15) is 18.1 Å². The molecule has 5 heteroatoms. The number of carbonyl (C=O) groups is 1. The topological polar surface area (TPSA) is 35.5 Å². The van der Waals surface area contributed by atoms with E-state index in [0.29, 0.717) is 39.5 Å². The van der Waals surface area contributed by atoms with Gasteiger partial charge in [0, 0.05) is 21.7 Å². The van der Waals surface area contributed by atoms with Gasteiger partial charge in [0.05, 0.1) is 5.56 Å². The number of benzene rings is 2. The van der Waals surface area contributed by atoms with Crippen LogP contribution in [0.2, 0.25) is 10.0 Å². The second-order valence-electron chi connectivity index (χ2n) is 5.90. The van der Waals surface area contributed by atoms with E-state index >= 15 is 0 Å². The molecule has 0 saturated heterocycles. The maximum atomic E-state index is 12.4. The zero-order chi connectivity index (χ0) is 17.4. The molecule has 3 rings (SSSR count). The summed E-state index contributed by atoms with van der Waals surface area (Å²) >= 11 is 12.0. The summed E-state index contributed by atoms with van der Waals surface area (Å²) < 4.78 is 11.5. The Labute approximate surface area is 150 Å². The number of hydrogen-bond donors (Lipinski definition) is 0.